The van der Waals surface area contributed by atoms with Crippen LogP contribution in [0.25, 0.3) is 0 Å². The Morgan fingerprint density at radius 1 is 1.11 bits per heavy atom. The van der Waals surface area contributed by atoms with Gasteiger partial charge in [-0.3, -0.25) is 9.59 Å². The van der Waals surface area contributed by atoms with E-state index in [0.29, 0.717) is 31.5 Å². The molecule has 0 unspecified atom stereocenters. The first-order valence-electron chi connectivity index (χ1n) is 6.49. The Morgan fingerprint density at radius 2 is 1.79 bits per heavy atom. The zero-order valence-electron chi connectivity index (χ0n) is 11.0. The second-order valence-electron chi connectivity index (χ2n) is 4.41. The number of primary amides is 1. The molecular formula is C14H21N3O2. The molecule has 0 aliphatic rings. The van der Waals surface area contributed by atoms with E-state index in [4.69, 9.17) is 11.5 Å². The molecule has 2 amide bonds. The Hall–Kier alpha value is -1.88. The molecular weight excluding hydrogens is 242 g/mol. The average molecular weight is 263 g/mol. The lowest BCUT2D eigenvalue weighted by Crippen LogP contribution is -2.24. The van der Waals surface area contributed by atoms with E-state index in [2.05, 4.69) is 5.32 Å². The SMILES string of the molecule is NCCc1ccc(C(=O)NCCCCC(N)=O)cc1. The molecule has 1 aromatic carbocycles. The Labute approximate surface area is 113 Å². The number of rotatable bonds is 8. The van der Waals surface area contributed by atoms with Crippen LogP contribution in [-0.2, 0) is 11.2 Å². The molecule has 0 bridgehead atoms. The van der Waals surface area contributed by atoms with Gasteiger partial charge in [0.25, 0.3) is 5.91 Å². The molecule has 0 heterocycles. The molecule has 0 saturated carbocycles. The van der Waals surface area contributed by atoms with E-state index in [-0.39, 0.29) is 11.8 Å². The summed E-state index contributed by atoms with van der Waals surface area (Å²) in [5.41, 5.74) is 12.3. The summed E-state index contributed by atoms with van der Waals surface area (Å²) in [4.78, 5) is 22.3. The molecule has 0 aliphatic carbocycles. The van der Waals surface area contributed by atoms with Gasteiger partial charge in [-0.25, -0.2) is 0 Å². The number of hydrogen-bond acceptors (Lipinski definition) is 3. The molecule has 1 aromatic rings. The van der Waals surface area contributed by atoms with Gasteiger partial charge >= 0.3 is 0 Å². The number of nitrogens with two attached hydrogens (primary N) is 2. The first kappa shape index (κ1) is 15.2. The summed E-state index contributed by atoms with van der Waals surface area (Å²) in [6.07, 6.45) is 2.63. The number of carbonyl (C=O) groups excluding carboxylic acids is 2. The maximum absolute atomic E-state index is 11.8. The normalized spacial score (nSPS) is 10.2. The largest absolute Gasteiger partial charge is 0.370 e. The zero-order valence-corrected chi connectivity index (χ0v) is 11.0. The van der Waals surface area contributed by atoms with Gasteiger partial charge < -0.3 is 16.8 Å². The van der Waals surface area contributed by atoms with Crippen LogP contribution in [0, 0.1) is 0 Å². The Morgan fingerprint density at radius 3 is 2.37 bits per heavy atom. The molecule has 104 valence electrons. The Balaban J connectivity index is 2.30. The summed E-state index contributed by atoms with van der Waals surface area (Å²) in [6.45, 7) is 1.15. The summed E-state index contributed by atoms with van der Waals surface area (Å²) in [7, 11) is 0. The first-order chi connectivity index (χ1) is 9.13. The van der Waals surface area contributed by atoms with E-state index in [1.807, 2.05) is 12.1 Å². The number of unbranched alkanes of at least 4 members (excludes halogenated alkanes) is 1. The standard InChI is InChI=1S/C14H21N3O2/c15-9-8-11-4-6-12(7-5-11)14(19)17-10-2-1-3-13(16)18/h4-7H,1-3,8-10,15H2,(H2,16,18)(H,17,19). The average Bonchev–Trinajstić information content (AvgIpc) is 2.39. The Kier molecular flexibility index (Phi) is 6.60. The number of hydrogen-bond donors (Lipinski definition) is 3. The summed E-state index contributed by atoms with van der Waals surface area (Å²) < 4.78 is 0. The van der Waals surface area contributed by atoms with Crippen molar-refractivity contribution in [2.45, 2.75) is 25.7 Å². The van der Waals surface area contributed by atoms with Crippen molar-refractivity contribution >= 4 is 11.8 Å². The van der Waals surface area contributed by atoms with Gasteiger partial charge in [0.2, 0.25) is 5.91 Å². The van der Waals surface area contributed by atoms with Crippen molar-refractivity contribution in [2.75, 3.05) is 13.1 Å². The monoisotopic (exact) mass is 263 g/mol. The lowest BCUT2D eigenvalue weighted by molar-refractivity contribution is -0.118. The molecule has 0 saturated heterocycles. The summed E-state index contributed by atoms with van der Waals surface area (Å²) in [5.74, 6) is -0.403. The van der Waals surface area contributed by atoms with Gasteiger partial charge in [-0.2, -0.15) is 0 Å². The highest BCUT2D eigenvalue weighted by molar-refractivity contribution is 5.94. The summed E-state index contributed by atoms with van der Waals surface area (Å²) in [6, 6.07) is 7.41. The molecule has 0 aliphatic heterocycles. The number of nitrogens with one attached hydrogen (secondary N) is 1. The molecule has 1 rings (SSSR count). The third-order valence-electron chi connectivity index (χ3n) is 2.78. The van der Waals surface area contributed by atoms with Crippen LogP contribution in [-0.4, -0.2) is 24.9 Å². The molecule has 5 nitrogen and oxygen atoms in total. The van der Waals surface area contributed by atoms with E-state index >= 15 is 0 Å². The van der Waals surface area contributed by atoms with Gasteiger partial charge in [0, 0.05) is 18.5 Å². The van der Waals surface area contributed by atoms with Crippen molar-refractivity contribution in [1.29, 1.82) is 0 Å². The van der Waals surface area contributed by atoms with E-state index in [9.17, 15) is 9.59 Å². The summed E-state index contributed by atoms with van der Waals surface area (Å²) in [5, 5.41) is 2.81. The lowest BCUT2D eigenvalue weighted by atomic mass is 10.1. The molecule has 0 fully saturated rings. The van der Waals surface area contributed by atoms with Crippen LogP contribution in [0.1, 0.15) is 35.2 Å². The maximum Gasteiger partial charge on any atom is 0.251 e. The Bertz CT molecular complexity index is 415. The fourth-order valence-electron chi connectivity index (χ4n) is 1.72. The minimum Gasteiger partial charge on any atom is -0.370 e. The quantitative estimate of drug-likeness (QED) is 0.598. The molecule has 5 heteroatoms. The van der Waals surface area contributed by atoms with Crippen molar-refractivity contribution < 1.29 is 9.59 Å². The van der Waals surface area contributed by atoms with Crippen molar-refractivity contribution in [1.82, 2.24) is 5.32 Å². The lowest BCUT2D eigenvalue weighted by Gasteiger charge is -2.05. The zero-order chi connectivity index (χ0) is 14.1. The van der Waals surface area contributed by atoms with Crippen LogP contribution >= 0.6 is 0 Å². The van der Waals surface area contributed by atoms with Crippen molar-refractivity contribution in [3.8, 4) is 0 Å². The van der Waals surface area contributed by atoms with Crippen LogP contribution < -0.4 is 16.8 Å². The molecule has 5 N–H and O–H groups in total. The minimum absolute atomic E-state index is 0.0987. The predicted molar refractivity (Wildman–Crippen MR) is 74.6 cm³/mol. The molecule has 0 atom stereocenters. The van der Waals surface area contributed by atoms with Crippen LogP contribution in [0.5, 0.6) is 0 Å². The molecule has 19 heavy (non-hydrogen) atoms. The smallest absolute Gasteiger partial charge is 0.251 e. The van der Waals surface area contributed by atoms with Crippen LogP contribution in [0.4, 0.5) is 0 Å². The van der Waals surface area contributed by atoms with E-state index < -0.39 is 0 Å². The molecule has 0 aromatic heterocycles. The highest BCUT2D eigenvalue weighted by Crippen LogP contribution is 2.05. The number of benzene rings is 1. The second kappa shape index (κ2) is 8.26. The van der Waals surface area contributed by atoms with Gasteiger partial charge in [0.05, 0.1) is 0 Å². The van der Waals surface area contributed by atoms with Crippen molar-refractivity contribution in [3.05, 3.63) is 35.4 Å². The topological polar surface area (TPSA) is 98.2 Å². The van der Waals surface area contributed by atoms with E-state index in [0.717, 1.165) is 18.4 Å². The highest BCUT2D eigenvalue weighted by Gasteiger charge is 2.04. The summed E-state index contributed by atoms with van der Waals surface area (Å²) >= 11 is 0. The van der Waals surface area contributed by atoms with Crippen LogP contribution in [0.2, 0.25) is 0 Å². The third-order valence-corrected chi connectivity index (χ3v) is 2.78. The van der Waals surface area contributed by atoms with Gasteiger partial charge in [0.1, 0.15) is 0 Å². The van der Waals surface area contributed by atoms with Gasteiger partial charge in [-0.05, 0) is 43.5 Å². The molecule has 0 spiro atoms. The van der Waals surface area contributed by atoms with Crippen LogP contribution in [0.15, 0.2) is 24.3 Å². The van der Waals surface area contributed by atoms with Gasteiger partial charge in [-0.15, -0.1) is 0 Å². The minimum atomic E-state index is -0.304. The molecule has 0 radical (unpaired) electrons. The first-order valence-corrected chi connectivity index (χ1v) is 6.49. The van der Waals surface area contributed by atoms with Gasteiger partial charge in [0.15, 0.2) is 0 Å². The fraction of sp³-hybridized carbons (Fsp3) is 0.429. The highest BCUT2D eigenvalue weighted by atomic mass is 16.2. The van der Waals surface area contributed by atoms with Gasteiger partial charge in [-0.1, -0.05) is 12.1 Å². The van der Waals surface area contributed by atoms with Crippen LogP contribution in [0.3, 0.4) is 0 Å². The fourth-order valence-corrected chi connectivity index (χ4v) is 1.72. The van der Waals surface area contributed by atoms with Crippen molar-refractivity contribution in [3.63, 3.8) is 0 Å². The number of carbonyl (C=O) groups is 2. The maximum atomic E-state index is 11.8. The third kappa shape index (κ3) is 6.01. The number of amides is 2. The second-order valence-corrected chi connectivity index (χ2v) is 4.41. The predicted octanol–water partition coefficient (Wildman–Crippen LogP) is 0.573. The van der Waals surface area contributed by atoms with E-state index in [1.54, 1.807) is 12.1 Å². The van der Waals surface area contributed by atoms with E-state index in [1.165, 1.54) is 0 Å². The van der Waals surface area contributed by atoms with Crippen molar-refractivity contribution in [2.24, 2.45) is 11.5 Å².